The van der Waals surface area contributed by atoms with Crippen molar-refractivity contribution in [2.75, 3.05) is 31.7 Å². The highest BCUT2D eigenvalue weighted by atomic mass is 35.5. The van der Waals surface area contributed by atoms with Gasteiger partial charge >= 0.3 is 0 Å². The summed E-state index contributed by atoms with van der Waals surface area (Å²) < 4.78 is 19.3. The lowest BCUT2D eigenvalue weighted by Gasteiger charge is -2.20. The first-order valence-electron chi connectivity index (χ1n) is 6.45. The normalized spacial score (nSPS) is 22.6. The fourth-order valence-electron chi connectivity index (χ4n) is 2.53. The molecule has 3 rings (SSSR count). The summed E-state index contributed by atoms with van der Waals surface area (Å²) in [6, 6.07) is 5.36. The zero-order chi connectivity index (χ0) is 14.2. The topological polar surface area (TPSA) is 38.2 Å². The zero-order valence-corrected chi connectivity index (χ0v) is 11.9. The second-order valence-electron chi connectivity index (χ2n) is 5.12. The highest BCUT2D eigenvalue weighted by Gasteiger charge is 2.39. The summed E-state index contributed by atoms with van der Waals surface area (Å²) in [7, 11) is 1.52. The van der Waals surface area contributed by atoms with Gasteiger partial charge in [0.1, 0.15) is 5.82 Å². The summed E-state index contributed by atoms with van der Waals surface area (Å²) in [4.78, 5) is 10.8. The minimum atomic E-state index is -1.30. The van der Waals surface area contributed by atoms with Crippen LogP contribution in [0.1, 0.15) is 6.42 Å². The Morgan fingerprint density at radius 1 is 1.45 bits per heavy atom. The Hall–Kier alpha value is -1.46. The SMILES string of the molecule is COCC1(F)CCN(c2cnc3cc(Cl)ccc3n2)C1. The summed E-state index contributed by atoms with van der Waals surface area (Å²) in [5.41, 5.74) is 0.199. The van der Waals surface area contributed by atoms with Crippen LogP contribution < -0.4 is 4.90 Å². The van der Waals surface area contributed by atoms with Crippen LogP contribution in [0.3, 0.4) is 0 Å². The van der Waals surface area contributed by atoms with Crippen molar-refractivity contribution in [2.24, 2.45) is 0 Å². The third-order valence-corrected chi connectivity index (χ3v) is 3.76. The van der Waals surface area contributed by atoms with E-state index in [9.17, 15) is 4.39 Å². The Morgan fingerprint density at radius 3 is 3.10 bits per heavy atom. The average Bonchev–Trinajstić information content (AvgIpc) is 2.81. The van der Waals surface area contributed by atoms with E-state index < -0.39 is 5.67 Å². The summed E-state index contributed by atoms with van der Waals surface area (Å²) in [5.74, 6) is 0.690. The summed E-state index contributed by atoms with van der Waals surface area (Å²) >= 11 is 5.92. The zero-order valence-electron chi connectivity index (χ0n) is 11.1. The third-order valence-electron chi connectivity index (χ3n) is 3.52. The molecule has 2 heterocycles. The maximum absolute atomic E-state index is 14.4. The highest BCUT2D eigenvalue weighted by molar-refractivity contribution is 6.31. The summed E-state index contributed by atoms with van der Waals surface area (Å²) in [5, 5.41) is 0.628. The fourth-order valence-corrected chi connectivity index (χ4v) is 2.70. The average molecular weight is 296 g/mol. The maximum Gasteiger partial charge on any atom is 0.153 e. The molecule has 20 heavy (non-hydrogen) atoms. The number of anilines is 1. The van der Waals surface area contributed by atoms with E-state index >= 15 is 0 Å². The Labute approximate surface area is 121 Å². The van der Waals surface area contributed by atoms with Crippen LogP contribution in [0.25, 0.3) is 11.0 Å². The minimum Gasteiger partial charge on any atom is -0.381 e. The first kappa shape index (κ1) is 13.5. The molecule has 0 radical (unpaired) electrons. The predicted octanol–water partition coefficient (Wildman–Crippen LogP) is 2.85. The molecule has 1 unspecified atom stereocenters. The van der Waals surface area contributed by atoms with Crippen LogP contribution in [0.2, 0.25) is 5.02 Å². The monoisotopic (exact) mass is 295 g/mol. The van der Waals surface area contributed by atoms with Crippen LogP contribution in [0.15, 0.2) is 24.4 Å². The summed E-state index contributed by atoms with van der Waals surface area (Å²) in [6.07, 6.45) is 2.11. The number of aromatic nitrogens is 2. The molecule has 1 atom stereocenters. The highest BCUT2D eigenvalue weighted by Crippen LogP contribution is 2.29. The van der Waals surface area contributed by atoms with E-state index in [1.54, 1.807) is 18.3 Å². The lowest BCUT2D eigenvalue weighted by molar-refractivity contribution is 0.0570. The van der Waals surface area contributed by atoms with Crippen molar-refractivity contribution in [1.82, 2.24) is 9.97 Å². The third kappa shape index (κ3) is 2.55. The Morgan fingerprint density at radius 2 is 2.30 bits per heavy atom. The van der Waals surface area contributed by atoms with Gasteiger partial charge in [-0.1, -0.05) is 11.6 Å². The number of hydrogen-bond acceptors (Lipinski definition) is 4. The van der Waals surface area contributed by atoms with Crippen LogP contribution in [-0.4, -0.2) is 42.4 Å². The van der Waals surface area contributed by atoms with Crippen molar-refractivity contribution in [1.29, 1.82) is 0 Å². The lowest BCUT2D eigenvalue weighted by Crippen LogP contribution is -2.33. The van der Waals surface area contributed by atoms with Crippen LogP contribution in [-0.2, 0) is 4.74 Å². The van der Waals surface area contributed by atoms with E-state index in [0.717, 1.165) is 11.0 Å². The van der Waals surface area contributed by atoms with E-state index in [1.165, 1.54) is 7.11 Å². The van der Waals surface area contributed by atoms with Gasteiger partial charge in [-0.15, -0.1) is 0 Å². The number of hydrogen-bond donors (Lipinski definition) is 0. The Bertz CT molecular complexity index is 639. The second kappa shape index (κ2) is 5.14. The molecule has 4 nitrogen and oxygen atoms in total. The fraction of sp³-hybridized carbons (Fsp3) is 0.429. The number of ether oxygens (including phenoxy) is 1. The Balaban J connectivity index is 1.86. The molecule has 0 aliphatic carbocycles. The molecule has 0 amide bonds. The van der Waals surface area contributed by atoms with Crippen molar-refractivity contribution in [3.63, 3.8) is 0 Å². The van der Waals surface area contributed by atoms with E-state index in [0.29, 0.717) is 23.8 Å². The number of alkyl halides is 1. The first-order chi connectivity index (χ1) is 9.59. The van der Waals surface area contributed by atoms with Crippen LogP contribution in [0.5, 0.6) is 0 Å². The summed E-state index contributed by atoms with van der Waals surface area (Å²) in [6.45, 7) is 1.02. The molecule has 0 spiro atoms. The van der Waals surface area contributed by atoms with E-state index in [-0.39, 0.29) is 13.2 Å². The van der Waals surface area contributed by atoms with E-state index in [1.807, 2.05) is 11.0 Å². The van der Waals surface area contributed by atoms with Gasteiger partial charge in [-0.2, -0.15) is 0 Å². The van der Waals surface area contributed by atoms with Crippen molar-refractivity contribution in [2.45, 2.75) is 12.1 Å². The predicted molar refractivity (Wildman–Crippen MR) is 77.1 cm³/mol. The molecule has 1 aliphatic rings. The standard InChI is InChI=1S/C14H15ClFN3O/c1-20-9-14(16)4-5-19(8-14)13-7-17-12-6-10(15)2-3-11(12)18-13/h2-3,6-7H,4-5,8-9H2,1H3. The number of halogens is 2. The van der Waals surface area contributed by atoms with Crippen molar-refractivity contribution < 1.29 is 9.13 Å². The largest absolute Gasteiger partial charge is 0.381 e. The van der Waals surface area contributed by atoms with Crippen molar-refractivity contribution in [3.8, 4) is 0 Å². The van der Waals surface area contributed by atoms with Gasteiger partial charge in [-0.05, 0) is 18.2 Å². The molecular weight excluding hydrogens is 281 g/mol. The molecule has 106 valence electrons. The van der Waals surface area contributed by atoms with Gasteiger partial charge in [0, 0.05) is 25.1 Å². The molecule has 1 aliphatic heterocycles. The van der Waals surface area contributed by atoms with Gasteiger partial charge in [0.2, 0.25) is 0 Å². The van der Waals surface area contributed by atoms with Gasteiger partial charge in [-0.25, -0.2) is 9.37 Å². The molecule has 1 fully saturated rings. The molecule has 1 saturated heterocycles. The Kier molecular flexibility index (Phi) is 3.48. The molecule has 2 aromatic rings. The maximum atomic E-state index is 14.4. The molecular formula is C14H15ClFN3O. The van der Waals surface area contributed by atoms with Crippen LogP contribution in [0.4, 0.5) is 10.2 Å². The molecule has 6 heteroatoms. The minimum absolute atomic E-state index is 0.111. The van der Waals surface area contributed by atoms with E-state index in [2.05, 4.69) is 9.97 Å². The smallest absolute Gasteiger partial charge is 0.153 e. The second-order valence-corrected chi connectivity index (χ2v) is 5.55. The number of nitrogens with zero attached hydrogens (tertiary/aromatic N) is 3. The van der Waals surface area contributed by atoms with Gasteiger partial charge in [0.15, 0.2) is 5.67 Å². The van der Waals surface area contributed by atoms with Crippen LogP contribution >= 0.6 is 11.6 Å². The number of fused-ring (bicyclic) bond motifs is 1. The van der Waals surface area contributed by atoms with Gasteiger partial charge in [0.25, 0.3) is 0 Å². The van der Waals surface area contributed by atoms with Crippen LogP contribution in [0, 0.1) is 0 Å². The number of methoxy groups -OCH3 is 1. The van der Waals surface area contributed by atoms with Crippen molar-refractivity contribution >= 4 is 28.5 Å². The number of rotatable bonds is 3. The quantitative estimate of drug-likeness (QED) is 0.873. The van der Waals surface area contributed by atoms with E-state index in [4.69, 9.17) is 16.3 Å². The molecule has 1 aromatic heterocycles. The molecule has 1 aromatic carbocycles. The molecule has 0 saturated carbocycles. The first-order valence-corrected chi connectivity index (χ1v) is 6.83. The molecule has 0 N–H and O–H groups in total. The van der Waals surface area contributed by atoms with Gasteiger partial charge < -0.3 is 9.64 Å². The van der Waals surface area contributed by atoms with Crippen molar-refractivity contribution in [3.05, 3.63) is 29.4 Å². The van der Waals surface area contributed by atoms with Gasteiger partial charge in [0.05, 0.1) is 30.4 Å². The molecule has 0 bridgehead atoms. The van der Waals surface area contributed by atoms with Gasteiger partial charge in [-0.3, -0.25) is 4.98 Å². The lowest BCUT2D eigenvalue weighted by atomic mass is 10.1. The number of benzene rings is 1.